The number of ether oxygens (including phenoxy) is 1. The molecule has 0 saturated carbocycles. The summed E-state index contributed by atoms with van der Waals surface area (Å²) in [6.45, 7) is 0.443. The normalized spacial score (nSPS) is 13.4. The number of hydrogen-bond acceptors (Lipinski definition) is 2. The van der Waals surface area contributed by atoms with Crippen molar-refractivity contribution >= 4 is 17.3 Å². The summed E-state index contributed by atoms with van der Waals surface area (Å²) < 4.78 is 43.2. The molecular formula is C12H15ClF3NO. The molecule has 6 heteroatoms. The van der Waals surface area contributed by atoms with Gasteiger partial charge in [0.15, 0.2) is 0 Å². The molecular weight excluding hydrogens is 267 g/mol. The van der Waals surface area contributed by atoms with E-state index in [0.29, 0.717) is 13.0 Å². The third-order valence-corrected chi connectivity index (χ3v) is 2.82. The van der Waals surface area contributed by atoms with Crippen LogP contribution in [-0.2, 0) is 10.9 Å². The van der Waals surface area contributed by atoms with E-state index >= 15 is 0 Å². The van der Waals surface area contributed by atoms with Gasteiger partial charge in [0.1, 0.15) is 0 Å². The molecule has 0 radical (unpaired) electrons. The van der Waals surface area contributed by atoms with Crippen LogP contribution >= 0.6 is 11.6 Å². The van der Waals surface area contributed by atoms with Crippen molar-refractivity contribution in [1.29, 1.82) is 0 Å². The van der Waals surface area contributed by atoms with Crippen LogP contribution in [0.15, 0.2) is 24.3 Å². The summed E-state index contributed by atoms with van der Waals surface area (Å²) in [5.41, 5.74) is -0.635. The van der Waals surface area contributed by atoms with Crippen molar-refractivity contribution in [1.82, 2.24) is 0 Å². The lowest BCUT2D eigenvalue weighted by atomic mass is 10.1. The van der Waals surface area contributed by atoms with Crippen molar-refractivity contribution < 1.29 is 17.9 Å². The molecule has 102 valence electrons. The molecule has 18 heavy (non-hydrogen) atoms. The minimum absolute atomic E-state index is 0.0479. The highest BCUT2D eigenvalue weighted by Crippen LogP contribution is 2.34. The topological polar surface area (TPSA) is 21.3 Å². The van der Waals surface area contributed by atoms with E-state index in [1.807, 2.05) is 0 Å². The SMILES string of the molecule is COCCC(CCl)Nc1ccccc1C(F)(F)F. The predicted octanol–water partition coefficient (Wildman–Crippen LogP) is 3.76. The third-order valence-electron chi connectivity index (χ3n) is 2.45. The van der Waals surface area contributed by atoms with Crippen LogP contribution in [0.5, 0.6) is 0 Å². The van der Waals surface area contributed by atoms with E-state index in [0.717, 1.165) is 6.07 Å². The van der Waals surface area contributed by atoms with Gasteiger partial charge in [0.2, 0.25) is 0 Å². The third kappa shape index (κ3) is 4.38. The van der Waals surface area contributed by atoms with Crippen molar-refractivity contribution in [2.24, 2.45) is 0 Å². The highest BCUT2D eigenvalue weighted by Gasteiger charge is 2.33. The molecule has 0 amide bonds. The van der Waals surface area contributed by atoms with E-state index in [1.165, 1.54) is 19.2 Å². The largest absolute Gasteiger partial charge is 0.418 e. The Morgan fingerprint density at radius 2 is 2.00 bits per heavy atom. The van der Waals surface area contributed by atoms with Gasteiger partial charge in [-0.3, -0.25) is 0 Å². The fourth-order valence-corrected chi connectivity index (χ4v) is 1.76. The number of para-hydroxylation sites is 1. The fraction of sp³-hybridized carbons (Fsp3) is 0.500. The summed E-state index contributed by atoms with van der Waals surface area (Å²) in [7, 11) is 1.54. The Kier molecular flexibility index (Phi) is 5.75. The van der Waals surface area contributed by atoms with Crippen molar-refractivity contribution in [3.63, 3.8) is 0 Å². The molecule has 0 aromatic heterocycles. The number of methoxy groups -OCH3 is 1. The molecule has 0 heterocycles. The van der Waals surface area contributed by atoms with Gasteiger partial charge < -0.3 is 10.1 Å². The zero-order valence-corrected chi connectivity index (χ0v) is 10.7. The van der Waals surface area contributed by atoms with E-state index in [2.05, 4.69) is 5.32 Å². The summed E-state index contributed by atoms with van der Waals surface area (Å²) in [6.07, 6.45) is -3.83. The molecule has 0 aliphatic rings. The second-order valence-corrected chi connectivity index (χ2v) is 4.13. The number of halogens is 4. The Bertz CT molecular complexity index is 371. The van der Waals surface area contributed by atoms with E-state index in [1.54, 1.807) is 6.07 Å². The Balaban J connectivity index is 2.82. The maximum atomic E-state index is 12.8. The van der Waals surface area contributed by atoms with Crippen LogP contribution in [0.3, 0.4) is 0 Å². The van der Waals surface area contributed by atoms with Gasteiger partial charge in [-0.1, -0.05) is 12.1 Å². The van der Waals surface area contributed by atoms with Gasteiger partial charge in [-0.15, -0.1) is 11.6 Å². The molecule has 0 bridgehead atoms. The number of rotatable bonds is 6. The zero-order valence-electron chi connectivity index (χ0n) is 9.93. The average Bonchev–Trinajstić information content (AvgIpc) is 2.33. The maximum absolute atomic E-state index is 12.8. The Morgan fingerprint density at radius 3 is 2.56 bits per heavy atom. The van der Waals surface area contributed by atoms with Gasteiger partial charge in [0, 0.05) is 31.3 Å². The summed E-state index contributed by atoms with van der Waals surface area (Å²) >= 11 is 5.72. The first-order chi connectivity index (χ1) is 8.49. The van der Waals surface area contributed by atoms with Crippen LogP contribution in [0.2, 0.25) is 0 Å². The second-order valence-electron chi connectivity index (χ2n) is 3.82. The maximum Gasteiger partial charge on any atom is 0.418 e. The molecule has 1 atom stereocenters. The molecule has 0 aliphatic carbocycles. The Morgan fingerprint density at radius 1 is 1.33 bits per heavy atom. The first kappa shape index (κ1) is 15.1. The van der Waals surface area contributed by atoms with Crippen LogP contribution in [-0.4, -0.2) is 25.6 Å². The first-order valence-corrected chi connectivity index (χ1v) is 6.00. The van der Waals surface area contributed by atoms with Gasteiger partial charge in [-0.2, -0.15) is 13.2 Å². The molecule has 0 aliphatic heterocycles. The number of alkyl halides is 4. The van der Waals surface area contributed by atoms with Crippen LogP contribution in [0.1, 0.15) is 12.0 Å². The quantitative estimate of drug-likeness (QED) is 0.802. The number of hydrogen-bond donors (Lipinski definition) is 1. The van der Waals surface area contributed by atoms with Gasteiger partial charge >= 0.3 is 6.18 Å². The highest BCUT2D eigenvalue weighted by molar-refractivity contribution is 6.18. The minimum Gasteiger partial charge on any atom is -0.385 e. The van der Waals surface area contributed by atoms with Crippen molar-refractivity contribution in [3.05, 3.63) is 29.8 Å². The molecule has 0 spiro atoms. The number of anilines is 1. The summed E-state index contributed by atoms with van der Waals surface area (Å²) in [4.78, 5) is 0. The van der Waals surface area contributed by atoms with E-state index in [-0.39, 0.29) is 17.6 Å². The predicted molar refractivity (Wildman–Crippen MR) is 66.1 cm³/mol. The highest BCUT2D eigenvalue weighted by atomic mass is 35.5. The molecule has 0 fully saturated rings. The summed E-state index contributed by atoms with van der Waals surface area (Å²) in [5.74, 6) is 0.218. The minimum atomic E-state index is -4.37. The van der Waals surface area contributed by atoms with Crippen molar-refractivity contribution in [2.75, 3.05) is 24.9 Å². The first-order valence-electron chi connectivity index (χ1n) is 5.46. The van der Waals surface area contributed by atoms with Crippen molar-refractivity contribution in [3.8, 4) is 0 Å². The molecule has 1 rings (SSSR count). The van der Waals surface area contributed by atoms with E-state index in [4.69, 9.17) is 16.3 Å². The van der Waals surface area contributed by atoms with Gasteiger partial charge in [-0.05, 0) is 18.6 Å². The van der Waals surface area contributed by atoms with Crippen LogP contribution < -0.4 is 5.32 Å². The van der Waals surface area contributed by atoms with Crippen LogP contribution in [0.25, 0.3) is 0 Å². The number of benzene rings is 1. The summed E-state index contributed by atoms with van der Waals surface area (Å²) in [6, 6.07) is 5.10. The van der Waals surface area contributed by atoms with E-state index < -0.39 is 11.7 Å². The van der Waals surface area contributed by atoms with Crippen LogP contribution in [0, 0.1) is 0 Å². The van der Waals surface area contributed by atoms with Crippen molar-refractivity contribution in [2.45, 2.75) is 18.6 Å². The van der Waals surface area contributed by atoms with Gasteiger partial charge in [0.25, 0.3) is 0 Å². The lowest BCUT2D eigenvalue weighted by Crippen LogP contribution is -2.24. The lowest BCUT2D eigenvalue weighted by Gasteiger charge is -2.20. The lowest BCUT2D eigenvalue weighted by molar-refractivity contribution is -0.137. The molecule has 1 aromatic carbocycles. The zero-order chi connectivity index (χ0) is 13.6. The summed E-state index contributed by atoms with van der Waals surface area (Å²) in [5, 5.41) is 2.81. The smallest absolute Gasteiger partial charge is 0.385 e. The molecule has 2 nitrogen and oxygen atoms in total. The van der Waals surface area contributed by atoms with E-state index in [9.17, 15) is 13.2 Å². The average molecular weight is 282 g/mol. The molecule has 0 saturated heterocycles. The van der Waals surface area contributed by atoms with Gasteiger partial charge in [-0.25, -0.2) is 0 Å². The molecule has 1 unspecified atom stereocenters. The Labute approximate surface area is 109 Å². The van der Waals surface area contributed by atoms with Crippen LogP contribution in [0.4, 0.5) is 18.9 Å². The molecule has 1 N–H and O–H groups in total. The fourth-order valence-electron chi connectivity index (χ4n) is 1.52. The Hall–Kier alpha value is -0.940. The van der Waals surface area contributed by atoms with Gasteiger partial charge in [0.05, 0.1) is 5.56 Å². The second kappa shape index (κ2) is 6.85. The molecule has 1 aromatic rings. The number of nitrogens with one attached hydrogen (secondary N) is 1. The standard InChI is InChI=1S/C12H15ClF3NO/c1-18-7-6-9(8-13)17-11-5-3-2-4-10(11)12(14,15)16/h2-5,9,17H,6-8H2,1H3. The monoisotopic (exact) mass is 281 g/mol.